The minimum atomic E-state index is -0.452. The highest BCUT2D eigenvalue weighted by atomic mass is 19.1. The number of nitrogens with two attached hydrogens (primary N) is 1. The molecule has 122 valence electrons. The molecule has 2 rings (SSSR count). The van der Waals surface area contributed by atoms with E-state index in [1.807, 2.05) is 13.8 Å². The summed E-state index contributed by atoms with van der Waals surface area (Å²) in [4.78, 5) is 16.2. The van der Waals surface area contributed by atoms with E-state index >= 15 is 0 Å². The Morgan fingerprint density at radius 2 is 1.91 bits per heavy atom. The molecule has 5 nitrogen and oxygen atoms in total. The first-order valence-corrected chi connectivity index (χ1v) is 7.57. The monoisotopic (exact) mass is 309 g/mol. The Morgan fingerprint density at radius 3 is 2.45 bits per heavy atom. The van der Waals surface area contributed by atoms with Crippen LogP contribution in [0.5, 0.6) is 5.75 Å². The first kappa shape index (κ1) is 16.5. The number of piperazine rings is 1. The lowest BCUT2D eigenvalue weighted by Crippen LogP contribution is -2.54. The molecule has 1 fully saturated rings. The Balaban J connectivity index is 2.02. The minimum Gasteiger partial charge on any atom is -0.494 e. The number of ether oxygens (including phenoxy) is 1. The van der Waals surface area contributed by atoms with E-state index in [2.05, 4.69) is 4.90 Å². The number of hydrogen-bond acceptors (Lipinski definition) is 4. The van der Waals surface area contributed by atoms with E-state index < -0.39 is 6.04 Å². The van der Waals surface area contributed by atoms with Crippen molar-refractivity contribution in [3.8, 4) is 5.75 Å². The van der Waals surface area contributed by atoms with Crippen LogP contribution in [0.2, 0.25) is 0 Å². The minimum absolute atomic E-state index is 0.000668. The first-order valence-electron chi connectivity index (χ1n) is 7.57. The Bertz CT molecular complexity index is 528. The molecule has 2 N–H and O–H groups in total. The molecule has 0 aliphatic carbocycles. The Hall–Kier alpha value is -1.82. The van der Waals surface area contributed by atoms with Gasteiger partial charge in [-0.25, -0.2) is 4.39 Å². The van der Waals surface area contributed by atoms with Crippen molar-refractivity contribution in [1.29, 1.82) is 0 Å². The molecule has 1 amide bonds. The van der Waals surface area contributed by atoms with E-state index in [0.717, 1.165) is 5.69 Å². The fourth-order valence-corrected chi connectivity index (χ4v) is 2.58. The summed E-state index contributed by atoms with van der Waals surface area (Å²) in [5.74, 6) is 0.319. The number of nitrogens with zero attached hydrogens (tertiary/aromatic N) is 2. The number of carbonyl (C=O) groups is 1. The van der Waals surface area contributed by atoms with Crippen LogP contribution in [0.4, 0.5) is 10.1 Å². The molecule has 0 bridgehead atoms. The number of rotatable bonds is 4. The topological polar surface area (TPSA) is 58.8 Å². The van der Waals surface area contributed by atoms with Gasteiger partial charge in [0.2, 0.25) is 5.91 Å². The van der Waals surface area contributed by atoms with Crippen LogP contribution in [-0.2, 0) is 4.79 Å². The number of carbonyl (C=O) groups excluding carboxylic acids is 1. The average Bonchev–Trinajstić information content (AvgIpc) is 2.53. The highest BCUT2D eigenvalue weighted by Gasteiger charge is 2.27. The van der Waals surface area contributed by atoms with Gasteiger partial charge in [-0.3, -0.25) is 4.79 Å². The Labute approximate surface area is 130 Å². The number of anilines is 1. The summed E-state index contributed by atoms with van der Waals surface area (Å²) < 4.78 is 18.5. The molecule has 0 spiro atoms. The van der Waals surface area contributed by atoms with Crippen molar-refractivity contribution in [3.05, 3.63) is 24.0 Å². The highest BCUT2D eigenvalue weighted by Crippen LogP contribution is 2.29. The molecule has 0 unspecified atom stereocenters. The molecule has 1 aromatic rings. The summed E-state index contributed by atoms with van der Waals surface area (Å²) >= 11 is 0. The number of hydrogen-bond donors (Lipinski definition) is 1. The zero-order valence-corrected chi connectivity index (χ0v) is 13.4. The zero-order valence-electron chi connectivity index (χ0n) is 13.4. The molecule has 0 saturated carbocycles. The van der Waals surface area contributed by atoms with Gasteiger partial charge in [0.05, 0.1) is 18.8 Å². The third kappa shape index (κ3) is 3.50. The van der Waals surface area contributed by atoms with Gasteiger partial charge in [0.1, 0.15) is 11.6 Å². The van der Waals surface area contributed by atoms with Crippen molar-refractivity contribution in [2.24, 2.45) is 11.7 Å². The van der Waals surface area contributed by atoms with Crippen molar-refractivity contribution in [3.63, 3.8) is 0 Å². The fraction of sp³-hybridized carbons (Fsp3) is 0.562. The van der Waals surface area contributed by atoms with E-state index in [9.17, 15) is 9.18 Å². The van der Waals surface area contributed by atoms with E-state index in [0.29, 0.717) is 31.9 Å². The molecule has 1 aliphatic heterocycles. The van der Waals surface area contributed by atoms with E-state index in [1.165, 1.54) is 19.2 Å². The largest absolute Gasteiger partial charge is 0.494 e. The van der Waals surface area contributed by atoms with Crippen molar-refractivity contribution in [1.82, 2.24) is 4.90 Å². The molecule has 22 heavy (non-hydrogen) atoms. The van der Waals surface area contributed by atoms with E-state index in [4.69, 9.17) is 10.5 Å². The second-order valence-electron chi connectivity index (χ2n) is 5.90. The third-order valence-electron chi connectivity index (χ3n) is 4.08. The molecule has 6 heteroatoms. The van der Waals surface area contributed by atoms with Crippen molar-refractivity contribution in [2.45, 2.75) is 19.9 Å². The van der Waals surface area contributed by atoms with Crippen molar-refractivity contribution >= 4 is 11.6 Å². The average molecular weight is 309 g/mol. The summed E-state index contributed by atoms with van der Waals surface area (Å²) in [7, 11) is 1.53. The molecular weight excluding hydrogens is 285 g/mol. The Kier molecular flexibility index (Phi) is 5.24. The summed E-state index contributed by atoms with van der Waals surface area (Å²) in [5, 5.41) is 0. The van der Waals surface area contributed by atoms with Gasteiger partial charge in [-0.05, 0) is 18.1 Å². The van der Waals surface area contributed by atoms with Crippen LogP contribution in [0.15, 0.2) is 18.2 Å². The number of amides is 1. The SMILES string of the molecule is COc1cc(F)ccc1N1CCN(C(=O)[C@@H](N)C(C)C)CC1. The quantitative estimate of drug-likeness (QED) is 0.915. The lowest BCUT2D eigenvalue weighted by Gasteiger charge is -2.38. The standard InChI is InChI=1S/C16H24FN3O2/c1-11(2)15(18)16(21)20-8-6-19(7-9-20)13-5-4-12(17)10-14(13)22-3/h4-5,10-11,15H,6-9,18H2,1-3H3/t15-/m0/s1. The molecule has 1 heterocycles. The number of methoxy groups -OCH3 is 1. The van der Waals surface area contributed by atoms with Crippen LogP contribution in [0.3, 0.4) is 0 Å². The number of benzene rings is 1. The maximum Gasteiger partial charge on any atom is 0.239 e. The van der Waals surface area contributed by atoms with Crippen LogP contribution in [0.1, 0.15) is 13.8 Å². The van der Waals surface area contributed by atoms with Crippen LogP contribution in [0.25, 0.3) is 0 Å². The molecule has 1 aliphatic rings. The predicted octanol–water partition coefficient (Wildman–Crippen LogP) is 1.47. The van der Waals surface area contributed by atoms with Gasteiger partial charge in [0, 0.05) is 32.2 Å². The van der Waals surface area contributed by atoms with Gasteiger partial charge in [-0.1, -0.05) is 13.8 Å². The predicted molar refractivity (Wildman–Crippen MR) is 84.6 cm³/mol. The van der Waals surface area contributed by atoms with Crippen LogP contribution < -0.4 is 15.4 Å². The normalized spacial score (nSPS) is 16.8. The van der Waals surface area contributed by atoms with Crippen LogP contribution in [-0.4, -0.2) is 50.1 Å². The molecule has 1 saturated heterocycles. The molecule has 0 radical (unpaired) electrons. The summed E-state index contributed by atoms with van der Waals surface area (Å²) in [5.41, 5.74) is 6.78. The summed E-state index contributed by atoms with van der Waals surface area (Å²) in [6.45, 7) is 6.47. The fourth-order valence-electron chi connectivity index (χ4n) is 2.58. The van der Waals surface area contributed by atoms with Gasteiger partial charge in [0.25, 0.3) is 0 Å². The summed E-state index contributed by atoms with van der Waals surface area (Å²) in [6, 6.07) is 4.06. The first-order chi connectivity index (χ1) is 10.4. The van der Waals surface area contributed by atoms with Gasteiger partial charge in [-0.2, -0.15) is 0 Å². The molecule has 0 aromatic heterocycles. The maximum absolute atomic E-state index is 13.3. The van der Waals surface area contributed by atoms with Gasteiger partial charge >= 0.3 is 0 Å². The molecule has 1 atom stereocenters. The van der Waals surface area contributed by atoms with Crippen molar-refractivity contribution < 1.29 is 13.9 Å². The van der Waals surface area contributed by atoms with Crippen LogP contribution in [0, 0.1) is 11.7 Å². The Morgan fingerprint density at radius 1 is 1.27 bits per heavy atom. The molecule has 1 aromatic carbocycles. The van der Waals surface area contributed by atoms with E-state index in [-0.39, 0.29) is 17.6 Å². The van der Waals surface area contributed by atoms with Gasteiger partial charge in [-0.15, -0.1) is 0 Å². The zero-order chi connectivity index (χ0) is 16.3. The van der Waals surface area contributed by atoms with Gasteiger partial charge < -0.3 is 20.3 Å². The second-order valence-corrected chi connectivity index (χ2v) is 5.90. The summed E-state index contributed by atoms with van der Waals surface area (Å²) in [6.07, 6.45) is 0. The lowest BCUT2D eigenvalue weighted by atomic mass is 10.0. The highest BCUT2D eigenvalue weighted by molar-refractivity contribution is 5.82. The van der Waals surface area contributed by atoms with Crippen LogP contribution >= 0.6 is 0 Å². The number of halogens is 1. The smallest absolute Gasteiger partial charge is 0.239 e. The van der Waals surface area contributed by atoms with Crippen molar-refractivity contribution in [2.75, 3.05) is 38.2 Å². The maximum atomic E-state index is 13.3. The lowest BCUT2D eigenvalue weighted by molar-refractivity contribution is -0.133. The van der Waals surface area contributed by atoms with Gasteiger partial charge in [0.15, 0.2) is 0 Å². The molecular formula is C16H24FN3O2. The second kappa shape index (κ2) is 6.96. The van der Waals surface area contributed by atoms with E-state index in [1.54, 1.807) is 11.0 Å². The third-order valence-corrected chi connectivity index (χ3v) is 4.08.